The van der Waals surface area contributed by atoms with E-state index >= 15 is 0 Å². The lowest BCUT2D eigenvalue weighted by molar-refractivity contribution is 0.537. The highest BCUT2D eigenvalue weighted by atomic mass is 32.1. The molecule has 0 spiro atoms. The zero-order valence-electron chi connectivity index (χ0n) is 15.8. The Hall–Kier alpha value is -2.34. The van der Waals surface area contributed by atoms with Crippen LogP contribution in [-0.4, -0.2) is 24.5 Å². The van der Waals surface area contributed by atoms with Crippen LogP contribution in [-0.2, 0) is 17.3 Å². The molecule has 134 valence electrons. The molecular formula is C20H23N5S. The van der Waals surface area contributed by atoms with Crippen LogP contribution in [0.25, 0.3) is 22.1 Å². The molecule has 4 aromatic rings. The van der Waals surface area contributed by atoms with E-state index in [0.717, 1.165) is 34.2 Å². The number of fused-ring (bicyclic) bond motifs is 2. The summed E-state index contributed by atoms with van der Waals surface area (Å²) in [6, 6.07) is 6.23. The molecule has 0 radical (unpaired) electrons. The maximum atomic E-state index is 4.72. The first-order valence-corrected chi connectivity index (χ1v) is 9.57. The van der Waals surface area contributed by atoms with Gasteiger partial charge >= 0.3 is 0 Å². The largest absolute Gasteiger partial charge is 0.279 e. The SMILES string of the molecule is CC(C)(C)c1[nH]nc2cc(CC(C)(C)c3snc4ncccc34)cnc12. The number of hydrogen-bond donors (Lipinski definition) is 1. The lowest BCUT2D eigenvalue weighted by atomic mass is 9.83. The topological polar surface area (TPSA) is 67.3 Å². The number of nitrogens with one attached hydrogen (secondary N) is 1. The molecule has 0 fully saturated rings. The van der Waals surface area contributed by atoms with Crippen molar-refractivity contribution in [2.45, 2.75) is 51.9 Å². The average Bonchev–Trinajstić information content (AvgIpc) is 3.18. The molecule has 4 heterocycles. The number of aromatic amines is 1. The van der Waals surface area contributed by atoms with Crippen LogP contribution < -0.4 is 0 Å². The van der Waals surface area contributed by atoms with Crippen molar-refractivity contribution in [3.8, 4) is 0 Å². The Bertz CT molecular complexity index is 1080. The van der Waals surface area contributed by atoms with Crippen molar-refractivity contribution in [2.75, 3.05) is 0 Å². The fraction of sp³-hybridized carbons (Fsp3) is 0.400. The van der Waals surface area contributed by atoms with Crippen molar-refractivity contribution in [2.24, 2.45) is 0 Å². The first-order valence-electron chi connectivity index (χ1n) is 8.80. The molecule has 0 unspecified atom stereocenters. The van der Waals surface area contributed by atoms with E-state index in [0.29, 0.717) is 0 Å². The number of hydrogen-bond acceptors (Lipinski definition) is 5. The van der Waals surface area contributed by atoms with Gasteiger partial charge in [0, 0.05) is 33.5 Å². The quantitative estimate of drug-likeness (QED) is 0.567. The van der Waals surface area contributed by atoms with Gasteiger partial charge in [-0.2, -0.15) is 9.47 Å². The standard InChI is InChI=1S/C20H23N5S/c1-19(2,3)16-15-14(23-24-16)9-12(11-22-15)10-20(4,5)17-13-7-6-8-21-18(13)25-26-17/h6-9,11H,10H2,1-5H3,(H,23,24). The van der Waals surface area contributed by atoms with Crippen LogP contribution in [0.1, 0.15) is 50.8 Å². The number of pyridine rings is 2. The number of H-pyrrole nitrogens is 1. The lowest BCUT2D eigenvalue weighted by Crippen LogP contribution is -2.19. The Morgan fingerprint density at radius 2 is 1.92 bits per heavy atom. The Morgan fingerprint density at radius 3 is 2.69 bits per heavy atom. The van der Waals surface area contributed by atoms with Gasteiger partial charge in [0.1, 0.15) is 11.0 Å². The van der Waals surface area contributed by atoms with Crippen LogP contribution in [0.15, 0.2) is 30.6 Å². The molecule has 6 heteroatoms. The van der Waals surface area contributed by atoms with Crippen molar-refractivity contribution >= 4 is 33.6 Å². The van der Waals surface area contributed by atoms with E-state index in [2.05, 4.69) is 66.3 Å². The van der Waals surface area contributed by atoms with Crippen LogP contribution >= 0.6 is 11.5 Å². The monoisotopic (exact) mass is 365 g/mol. The summed E-state index contributed by atoms with van der Waals surface area (Å²) in [6.07, 6.45) is 4.65. The number of aromatic nitrogens is 5. The molecule has 4 aromatic heterocycles. The van der Waals surface area contributed by atoms with Crippen molar-refractivity contribution in [3.63, 3.8) is 0 Å². The summed E-state index contributed by atoms with van der Waals surface area (Å²) in [6.45, 7) is 11.0. The van der Waals surface area contributed by atoms with E-state index in [9.17, 15) is 0 Å². The summed E-state index contributed by atoms with van der Waals surface area (Å²) >= 11 is 1.55. The predicted octanol–water partition coefficient (Wildman–Crippen LogP) is 4.78. The summed E-state index contributed by atoms with van der Waals surface area (Å²) in [4.78, 5) is 10.3. The van der Waals surface area contributed by atoms with Gasteiger partial charge in [0.05, 0.1) is 5.69 Å². The predicted molar refractivity (Wildman–Crippen MR) is 107 cm³/mol. The molecule has 0 aromatic carbocycles. The third-order valence-corrected chi connectivity index (χ3v) is 5.93. The zero-order chi connectivity index (χ0) is 18.5. The maximum Gasteiger partial charge on any atom is 0.173 e. The van der Waals surface area contributed by atoms with Crippen LogP contribution in [0, 0.1) is 0 Å². The molecule has 0 amide bonds. The van der Waals surface area contributed by atoms with Gasteiger partial charge in [0.25, 0.3) is 0 Å². The first-order chi connectivity index (χ1) is 12.3. The third kappa shape index (κ3) is 2.88. The van der Waals surface area contributed by atoms with E-state index in [-0.39, 0.29) is 10.8 Å². The summed E-state index contributed by atoms with van der Waals surface area (Å²) in [7, 11) is 0. The van der Waals surface area contributed by atoms with Crippen molar-refractivity contribution < 1.29 is 0 Å². The van der Waals surface area contributed by atoms with Crippen LogP contribution in [0.5, 0.6) is 0 Å². The minimum Gasteiger partial charge on any atom is -0.279 e. The summed E-state index contributed by atoms with van der Waals surface area (Å²) in [5, 5.41) is 8.79. The van der Waals surface area contributed by atoms with Gasteiger partial charge in [0.15, 0.2) is 5.65 Å². The highest BCUT2D eigenvalue weighted by Gasteiger charge is 2.27. The molecule has 0 aliphatic rings. The zero-order valence-corrected chi connectivity index (χ0v) is 16.6. The molecule has 4 rings (SSSR count). The molecule has 0 atom stereocenters. The van der Waals surface area contributed by atoms with E-state index in [4.69, 9.17) is 4.98 Å². The van der Waals surface area contributed by atoms with Crippen LogP contribution in [0.4, 0.5) is 0 Å². The molecular weight excluding hydrogens is 342 g/mol. The molecule has 0 bridgehead atoms. The summed E-state index contributed by atoms with van der Waals surface area (Å²) < 4.78 is 4.50. The second kappa shape index (κ2) is 5.84. The molecule has 0 saturated carbocycles. The Balaban J connectivity index is 1.70. The Labute approximate surface area is 157 Å². The van der Waals surface area contributed by atoms with E-state index < -0.39 is 0 Å². The van der Waals surface area contributed by atoms with Gasteiger partial charge in [-0.25, -0.2) is 4.98 Å². The highest BCUT2D eigenvalue weighted by Crippen LogP contribution is 2.36. The first kappa shape index (κ1) is 17.1. The molecule has 0 aliphatic carbocycles. The van der Waals surface area contributed by atoms with Crippen LogP contribution in [0.2, 0.25) is 0 Å². The minimum absolute atomic E-state index is 0.00289. The second-order valence-corrected chi connectivity index (χ2v) is 9.28. The smallest absolute Gasteiger partial charge is 0.173 e. The van der Waals surface area contributed by atoms with Gasteiger partial charge in [-0.3, -0.25) is 10.1 Å². The van der Waals surface area contributed by atoms with Gasteiger partial charge in [0.2, 0.25) is 0 Å². The van der Waals surface area contributed by atoms with Crippen molar-refractivity contribution in [3.05, 3.63) is 46.7 Å². The van der Waals surface area contributed by atoms with Crippen molar-refractivity contribution in [1.29, 1.82) is 0 Å². The van der Waals surface area contributed by atoms with Gasteiger partial charge in [-0.15, -0.1) is 0 Å². The Kier molecular flexibility index (Phi) is 3.84. The lowest BCUT2D eigenvalue weighted by Gasteiger charge is -2.23. The normalized spacial score (nSPS) is 13.0. The molecule has 0 saturated heterocycles. The molecule has 0 aliphatic heterocycles. The van der Waals surface area contributed by atoms with E-state index in [1.165, 1.54) is 10.4 Å². The molecule has 26 heavy (non-hydrogen) atoms. The van der Waals surface area contributed by atoms with Crippen LogP contribution in [0.3, 0.4) is 0 Å². The Morgan fingerprint density at radius 1 is 1.12 bits per heavy atom. The fourth-order valence-electron chi connectivity index (χ4n) is 3.43. The summed E-state index contributed by atoms with van der Waals surface area (Å²) in [5.41, 5.74) is 4.93. The van der Waals surface area contributed by atoms with Gasteiger partial charge in [-0.1, -0.05) is 34.6 Å². The average molecular weight is 366 g/mol. The van der Waals surface area contributed by atoms with Gasteiger partial charge in [-0.05, 0) is 41.7 Å². The van der Waals surface area contributed by atoms with Crippen molar-refractivity contribution in [1.82, 2.24) is 24.5 Å². The van der Waals surface area contributed by atoms with E-state index in [1.54, 1.807) is 17.7 Å². The minimum atomic E-state index is -0.0546. The third-order valence-electron chi connectivity index (χ3n) is 4.71. The number of rotatable bonds is 3. The molecule has 5 nitrogen and oxygen atoms in total. The highest BCUT2D eigenvalue weighted by molar-refractivity contribution is 7.07. The second-order valence-electron chi connectivity index (χ2n) is 8.51. The summed E-state index contributed by atoms with van der Waals surface area (Å²) in [5.74, 6) is 0. The molecule has 1 N–H and O–H groups in total. The van der Waals surface area contributed by atoms with E-state index in [1.807, 2.05) is 12.3 Å². The number of nitrogens with zero attached hydrogens (tertiary/aromatic N) is 4. The fourth-order valence-corrected chi connectivity index (χ4v) is 4.33. The maximum absolute atomic E-state index is 4.72. The van der Waals surface area contributed by atoms with Gasteiger partial charge < -0.3 is 0 Å².